The summed E-state index contributed by atoms with van der Waals surface area (Å²) >= 11 is 0. The van der Waals surface area contributed by atoms with Crippen molar-refractivity contribution < 1.29 is 9.53 Å². The van der Waals surface area contributed by atoms with E-state index < -0.39 is 11.1 Å². The van der Waals surface area contributed by atoms with Gasteiger partial charge < -0.3 is 19.2 Å². The first-order chi connectivity index (χ1) is 12.5. The summed E-state index contributed by atoms with van der Waals surface area (Å²) in [6.45, 7) is 10.1. The van der Waals surface area contributed by atoms with Crippen LogP contribution in [0, 0.1) is 6.92 Å². The highest BCUT2D eigenvalue weighted by Gasteiger charge is 2.35. The molecule has 1 amide bonds. The van der Waals surface area contributed by atoms with Gasteiger partial charge in [-0.05, 0) is 47.5 Å². The zero-order valence-electron chi connectivity index (χ0n) is 16.5. The van der Waals surface area contributed by atoms with Crippen molar-refractivity contribution in [2.75, 3.05) is 13.1 Å². The third-order valence-electron chi connectivity index (χ3n) is 4.93. The molecular weight excluding hydrogens is 348 g/mol. The number of ether oxygens (including phenoxy) is 1. The molecule has 146 valence electrons. The normalized spacial score (nSPS) is 17.1. The van der Waals surface area contributed by atoms with Gasteiger partial charge in [-0.2, -0.15) is 0 Å². The second-order valence-electron chi connectivity index (χ2n) is 8.40. The molecule has 1 saturated heterocycles. The molecule has 0 saturated carbocycles. The van der Waals surface area contributed by atoms with E-state index in [0.29, 0.717) is 42.7 Å². The Morgan fingerprint density at radius 2 is 1.89 bits per heavy atom. The van der Waals surface area contributed by atoms with Crippen LogP contribution in [-0.2, 0) is 10.3 Å². The van der Waals surface area contributed by atoms with Gasteiger partial charge >= 0.3 is 6.09 Å². The number of aromatic nitrogens is 3. The van der Waals surface area contributed by atoms with E-state index in [0.717, 1.165) is 0 Å². The Morgan fingerprint density at radius 3 is 2.48 bits per heavy atom. The Bertz CT molecular complexity index is 991. The monoisotopic (exact) mass is 374 g/mol. The zero-order chi connectivity index (χ0) is 20.0. The van der Waals surface area contributed by atoms with E-state index in [1.165, 1.54) is 6.07 Å². The van der Waals surface area contributed by atoms with Crippen molar-refractivity contribution in [1.82, 2.24) is 19.4 Å². The lowest BCUT2D eigenvalue weighted by Gasteiger charge is -2.40. The van der Waals surface area contributed by atoms with Crippen LogP contribution in [0.4, 0.5) is 4.79 Å². The highest BCUT2D eigenvalue weighted by atomic mass is 16.6. The van der Waals surface area contributed by atoms with Crippen LogP contribution in [0.5, 0.6) is 0 Å². The quantitative estimate of drug-likeness (QED) is 0.825. The number of likely N-dealkylation sites (tertiary alicyclic amines) is 1. The standard InChI is InChI=1S/C19H26N4O4/c1-12-20-14-10-15(24)23(11-13(14)16(25)21-12)19(5)6-8-22(9-7-19)17(26)27-18(2,3)4/h10-11H,6-9H2,1-5H3,(H,20,21,25). The van der Waals surface area contributed by atoms with Crippen LogP contribution in [0.15, 0.2) is 21.9 Å². The van der Waals surface area contributed by atoms with Gasteiger partial charge in [-0.25, -0.2) is 9.78 Å². The number of hydrogen-bond donors (Lipinski definition) is 1. The van der Waals surface area contributed by atoms with E-state index >= 15 is 0 Å². The number of carbonyl (C=O) groups excluding carboxylic acids is 1. The highest BCUT2D eigenvalue weighted by Crippen LogP contribution is 2.29. The molecule has 0 radical (unpaired) electrons. The molecule has 3 heterocycles. The van der Waals surface area contributed by atoms with Crippen LogP contribution in [0.3, 0.4) is 0 Å². The minimum atomic E-state index is -0.542. The van der Waals surface area contributed by atoms with Crippen LogP contribution in [-0.4, -0.2) is 44.2 Å². The van der Waals surface area contributed by atoms with Crippen molar-refractivity contribution in [2.24, 2.45) is 0 Å². The van der Waals surface area contributed by atoms with Crippen molar-refractivity contribution in [3.05, 3.63) is 38.8 Å². The molecule has 1 aliphatic rings. The molecule has 0 spiro atoms. The summed E-state index contributed by atoms with van der Waals surface area (Å²) in [4.78, 5) is 45.7. The van der Waals surface area contributed by atoms with Crippen LogP contribution >= 0.6 is 0 Å². The SMILES string of the molecule is Cc1nc2cc(=O)n(C3(C)CCN(C(=O)OC(C)(C)C)CC3)cc2c(=O)[nH]1. The van der Waals surface area contributed by atoms with Gasteiger partial charge in [0.15, 0.2) is 0 Å². The zero-order valence-corrected chi connectivity index (χ0v) is 16.5. The van der Waals surface area contributed by atoms with Gasteiger partial charge in [-0.1, -0.05) is 0 Å². The molecule has 0 bridgehead atoms. The number of nitrogens with one attached hydrogen (secondary N) is 1. The van der Waals surface area contributed by atoms with Gasteiger partial charge in [0.1, 0.15) is 11.4 Å². The predicted molar refractivity (Wildman–Crippen MR) is 102 cm³/mol. The lowest BCUT2D eigenvalue weighted by Crippen LogP contribution is -2.50. The van der Waals surface area contributed by atoms with Crippen molar-refractivity contribution >= 4 is 17.0 Å². The lowest BCUT2D eigenvalue weighted by atomic mass is 9.89. The third-order valence-corrected chi connectivity index (χ3v) is 4.93. The summed E-state index contributed by atoms with van der Waals surface area (Å²) in [5.41, 5.74) is -1.10. The Kier molecular flexibility index (Phi) is 4.61. The minimum absolute atomic E-state index is 0.201. The summed E-state index contributed by atoms with van der Waals surface area (Å²) in [7, 11) is 0. The molecule has 8 nitrogen and oxygen atoms in total. The molecule has 2 aromatic rings. The number of amides is 1. The molecule has 27 heavy (non-hydrogen) atoms. The fraction of sp³-hybridized carbons (Fsp3) is 0.579. The molecule has 0 aliphatic carbocycles. The smallest absolute Gasteiger partial charge is 0.410 e. The average Bonchev–Trinajstić information content (AvgIpc) is 2.52. The second kappa shape index (κ2) is 6.51. The maximum atomic E-state index is 12.7. The number of nitrogens with zero attached hydrogens (tertiary/aromatic N) is 3. The maximum absolute atomic E-state index is 12.7. The first-order valence-electron chi connectivity index (χ1n) is 9.10. The maximum Gasteiger partial charge on any atom is 0.410 e. The molecular formula is C19H26N4O4. The number of aromatic amines is 1. The van der Waals surface area contributed by atoms with Crippen molar-refractivity contribution in [3.63, 3.8) is 0 Å². The molecule has 0 unspecified atom stereocenters. The molecule has 2 aromatic heterocycles. The van der Waals surface area contributed by atoms with Gasteiger partial charge in [-0.3, -0.25) is 9.59 Å². The summed E-state index contributed by atoms with van der Waals surface area (Å²) in [6.07, 6.45) is 2.43. The van der Waals surface area contributed by atoms with Gasteiger partial charge in [0.25, 0.3) is 11.1 Å². The number of aryl methyl sites for hydroxylation is 1. The number of hydrogen-bond acceptors (Lipinski definition) is 5. The first-order valence-corrected chi connectivity index (χ1v) is 9.10. The van der Waals surface area contributed by atoms with Crippen LogP contribution < -0.4 is 11.1 Å². The van der Waals surface area contributed by atoms with Gasteiger partial charge in [0.05, 0.1) is 10.9 Å². The molecule has 8 heteroatoms. The van der Waals surface area contributed by atoms with E-state index in [2.05, 4.69) is 9.97 Å². The molecule has 1 N–H and O–H groups in total. The number of rotatable bonds is 1. The number of carbonyl (C=O) groups is 1. The Morgan fingerprint density at radius 1 is 1.26 bits per heavy atom. The van der Waals surface area contributed by atoms with Gasteiger partial charge in [0.2, 0.25) is 0 Å². The first kappa shape index (κ1) is 19.1. The van der Waals surface area contributed by atoms with Crippen LogP contribution in [0.1, 0.15) is 46.4 Å². The van der Waals surface area contributed by atoms with E-state index in [1.807, 2.05) is 27.7 Å². The van der Waals surface area contributed by atoms with Gasteiger partial charge in [-0.15, -0.1) is 0 Å². The van der Waals surface area contributed by atoms with Crippen LogP contribution in [0.25, 0.3) is 10.9 Å². The number of piperidine rings is 1. The molecule has 0 aromatic carbocycles. The molecule has 0 atom stereocenters. The van der Waals surface area contributed by atoms with Crippen LogP contribution in [0.2, 0.25) is 0 Å². The van der Waals surface area contributed by atoms with E-state index in [9.17, 15) is 14.4 Å². The Hall–Kier alpha value is -2.64. The number of H-pyrrole nitrogens is 1. The summed E-state index contributed by atoms with van der Waals surface area (Å²) in [5, 5.41) is 0.385. The number of fused-ring (bicyclic) bond motifs is 1. The van der Waals surface area contributed by atoms with Crippen molar-refractivity contribution in [3.8, 4) is 0 Å². The van der Waals surface area contributed by atoms with E-state index in [4.69, 9.17) is 4.74 Å². The molecule has 3 rings (SSSR count). The summed E-state index contributed by atoms with van der Waals surface area (Å²) in [6, 6.07) is 1.41. The summed E-state index contributed by atoms with van der Waals surface area (Å²) < 4.78 is 7.03. The minimum Gasteiger partial charge on any atom is -0.444 e. The van der Waals surface area contributed by atoms with Gasteiger partial charge in [0, 0.05) is 30.9 Å². The largest absolute Gasteiger partial charge is 0.444 e. The lowest BCUT2D eigenvalue weighted by molar-refractivity contribution is 0.0128. The Balaban J connectivity index is 1.87. The summed E-state index contributed by atoms with van der Waals surface area (Å²) in [5.74, 6) is 0.474. The number of pyridine rings is 1. The second-order valence-corrected chi connectivity index (χ2v) is 8.40. The fourth-order valence-corrected chi connectivity index (χ4v) is 3.39. The third kappa shape index (κ3) is 3.89. The topological polar surface area (TPSA) is 97.3 Å². The van der Waals surface area contributed by atoms with Crippen molar-refractivity contribution in [1.29, 1.82) is 0 Å². The van der Waals surface area contributed by atoms with Crippen molar-refractivity contribution in [2.45, 2.75) is 58.6 Å². The molecule has 1 fully saturated rings. The van der Waals surface area contributed by atoms with E-state index in [1.54, 1.807) is 22.6 Å². The average molecular weight is 374 g/mol. The van der Waals surface area contributed by atoms with E-state index in [-0.39, 0.29) is 17.2 Å². The molecule has 1 aliphatic heterocycles. The fourth-order valence-electron chi connectivity index (χ4n) is 3.39. The Labute approximate surface area is 157 Å². The predicted octanol–water partition coefficient (Wildman–Crippen LogP) is 2.14. The highest BCUT2D eigenvalue weighted by molar-refractivity contribution is 5.76.